The molecule has 3 unspecified atom stereocenters. The van der Waals surface area contributed by atoms with Gasteiger partial charge < -0.3 is 14.8 Å². The monoisotopic (exact) mass is 402 g/mol. The number of hydrogen-bond acceptors (Lipinski definition) is 6. The fourth-order valence-corrected chi connectivity index (χ4v) is 3.06. The fraction of sp³-hybridized carbons (Fsp3) is 0.850. The van der Waals surface area contributed by atoms with Crippen molar-refractivity contribution >= 4 is 17.8 Å². The lowest BCUT2D eigenvalue weighted by molar-refractivity contribution is -0.153. The third-order valence-corrected chi connectivity index (χ3v) is 4.51. The van der Waals surface area contributed by atoms with E-state index in [-0.39, 0.29) is 25.0 Å². The number of nitrogens with one attached hydrogen (secondary N) is 2. The van der Waals surface area contributed by atoms with Crippen LogP contribution < -0.4 is 10.8 Å². The summed E-state index contributed by atoms with van der Waals surface area (Å²) in [6.07, 6.45) is 1.59. The zero-order valence-corrected chi connectivity index (χ0v) is 18.3. The molecule has 0 spiro atoms. The zero-order valence-electron chi connectivity index (χ0n) is 18.3. The maximum Gasteiger partial charge on any atom is 0.329 e. The van der Waals surface area contributed by atoms with Crippen molar-refractivity contribution in [3.05, 3.63) is 0 Å². The third kappa shape index (κ3) is 9.01. The first-order valence-corrected chi connectivity index (χ1v) is 9.89. The van der Waals surface area contributed by atoms with Crippen LogP contribution in [0.5, 0.6) is 0 Å². The summed E-state index contributed by atoms with van der Waals surface area (Å²) in [5, 5.41) is 11.9. The van der Waals surface area contributed by atoms with Gasteiger partial charge in [-0.15, -0.1) is 0 Å². The molecule has 0 saturated heterocycles. The Morgan fingerprint density at radius 1 is 1.04 bits per heavy atom. The minimum Gasteiger partial charge on any atom is -0.462 e. The summed E-state index contributed by atoms with van der Waals surface area (Å²) in [4.78, 5) is 37.8. The van der Waals surface area contributed by atoms with E-state index >= 15 is 0 Å². The average Bonchev–Trinajstić information content (AvgIpc) is 2.60. The predicted octanol–water partition coefficient (Wildman–Crippen LogP) is 2.29. The molecule has 2 amide bonds. The Labute approximate surface area is 168 Å². The van der Waals surface area contributed by atoms with E-state index in [0.717, 1.165) is 0 Å². The third-order valence-electron chi connectivity index (χ3n) is 4.51. The minimum atomic E-state index is -0.869. The number of carbonyl (C=O) groups is 3. The normalized spacial score (nSPS) is 14.9. The Morgan fingerprint density at radius 2 is 1.64 bits per heavy atom. The first-order valence-electron chi connectivity index (χ1n) is 9.89. The number of amides is 2. The number of esters is 1. The molecular weight excluding hydrogens is 364 g/mol. The number of ether oxygens (including phenoxy) is 2. The number of rotatable bonds is 12. The van der Waals surface area contributed by atoms with Crippen molar-refractivity contribution in [1.29, 1.82) is 0 Å². The maximum atomic E-state index is 13.1. The molecular formula is C20H38N2O6. The first-order chi connectivity index (χ1) is 13.0. The summed E-state index contributed by atoms with van der Waals surface area (Å²) in [5.41, 5.74) is 1.09. The molecule has 0 aliphatic heterocycles. The van der Waals surface area contributed by atoms with Crippen molar-refractivity contribution in [2.45, 2.75) is 66.8 Å². The minimum absolute atomic E-state index is 0.0958. The molecule has 0 fully saturated rings. The Morgan fingerprint density at radius 3 is 2.07 bits per heavy atom. The predicted molar refractivity (Wildman–Crippen MR) is 105 cm³/mol. The van der Waals surface area contributed by atoms with E-state index in [1.807, 2.05) is 41.5 Å². The van der Waals surface area contributed by atoms with Crippen molar-refractivity contribution in [1.82, 2.24) is 10.8 Å². The van der Waals surface area contributed by atoms with Gasteiger partial charge in [0.15, 0.2) is 0 Å². The van der Waals surface area contributed by atoms with Gasteiger partial charge in [-0.05, 0) is 24.2 Å². The van der Waals surface area contributed by atoms with Crippen LogP contribution in [0.15, 0.2) is 0 Å². The van der Waals surface area contributed by atoms with Gasteiger partial charge in [0.25, 0.3) is 0 Å². The maximum absolute atomic E-state index is 13.1. The van der Waals surface area contributed by atoms with Crippen LogP contribution in [0.4, 0.5) is 0 Å². The number of carbonyl (C=O) groups excluding carboxylic acids is 3. The van der Waals surface area contributed by atoms with Crippen molar-refractivity contribution in [2.24, 2.45) is 23.2 Å². The van der Waals surface area contributed by atoms with Crippen LogP contribution in [-0.2, 0) is 23.9 Å². The second-order valence-electron chi connectivity index (χ2n) is 8.58. The fourth-order valence-electron chi connectivity index (χ4n) is 3.06. The zero-order chi connectivity index (χ0) is 21.9. The molecule has 0 aliphatic carbocycles. The Kier molecular flexibility index (Phi) is 12.0. The van der Waals surface area contributed by atoms with Crippen LogP contribution in [0.1, 0.15) is 60.8 Å². The van der Waals surface area contributed by atoms with Crippen LogP contribution >= 0.6 is 0 Å². The summed E-state index contributed by atoms with van der Waals surface area (Å²) in [6.45, 7) is 11.7. The van der Waals surface area contributed by atoms with Crippen LogP contribution in [0.25, 0.3) is 0 Å². The van der Waals surface area contributed by atoms with Crippen molar-refractivity contribution in [2.75, 3.05) is 20.3 Å². The van der Waals surface area contributed by atoms with Crippen LogP contribution in [0.2, 0.25) is 0 Å². The summed E-state index contributed by atoms with van der Waals surface area (Å²) >= 11 is 0. The van der Waals surface area contributed by atoms with E-state index < -0.39 is 35.2 Å². The van der Waals surface area contributed by atoms with Gasteiger partial charge in [-0.2, -0.15) is 0 Å². The molecule has 164 valence electrons. The lowest BCUT2D eigenvalue weighted by atomic mass is 9.80. The van der Waals surface area contributed by atoms with Crippen molar-refractivity contribution in [3.63, 3.8) is 0 Å². The molecule has 3 atom stereocenters. The Balaban J connectivity index is 5.56. The van der Waals surface area contributed by atoms with Gasteiger partial charge >= 0.3 is 5.97 Å². The molecule has 28 heavy (non-hydrogen) atoms. The van der Waals surface area contributed by atoms with Gasteiger partial charge in [0.1, 0.15) is 12.6 Å². The standard InChI is InChI=1S/C20H38N2O6/c1-8-9-14(18(24)22-26)15(12-13(2)3)17(23)21-16(20(4,5)6)19(25)28-11-10-27-7/h13-16,26H,8-12H2,1-7H3,(H,21,23)(H,22,24). The van der Waals surface area contributed by atoms with Gasteiger partial charge in [-0.25, -0.2) is 10.3 Å². The Bertz CT molecular complexity index is 501. The second kappa shape index (κ2) is 12.7. The highest BCUT2D eigenvalue weighted by atomic mass is 16.6. The average molecular weight is 403 g/mol. The number of hydroxylamine groups is 1. The van der Waals surface area contributed by atoms with Gasteiger partial charge in [-0.3, -0.25) is 14.8 Å². The smallest absolute Gasteiger partial charge is 0.329 e. The van der Waals surface area contributed by atoms with E-state index in [1.165, 1.54) is 7.11 Å². The molecule has 0 saturated carbocycles. The molecule has 0 aromatic heterocycles. The lowest BCUT2D eigenvalue weighted by Gasteiger charge is -2.33. The van der Waals surface area contributed by atoms with Gasteiger partial charge in [0.05, 0.1) is 12.5 Å². The molecule has 8 heteroatoms. The van der Waals surface area contributed by atoms with Crippen LogP contribution in [0, 0.1) is 23.2 Å². The molecule has 3 N–H and O–H groups in total. The molecule has 0 aromatic rings. The number of hydrogen-bond donors (Lipinski definition) is 3. The highest BCUT2D eigenvalue weighted by Gasteiger charge is 2.39. The van der Waals surface area contributed by atoms with Crippen LogP contribution in [0.3, 0.4) is 0 Å². The summed E-state index contributed by atoms with van der Waals surface area (Å²) in [7, 11) is 1.51. The topological polar surface area (TPSA) is 114 Å². The highest BCUT2D eigenvalue weighted by molar-refractivity contribution is 5.90. The largest absolute Gasteiger partial charge is 0.462 e. The summed E-state index contributed by atoms with van der Waals surface area (Å²) in [6, 6.07) is -0.869. The van der Waals surface area contributed by atoms with Gasteiger partial charge in [-0.1, -0.05) is 48.0 Å². The molecule has 0 bridgehead atoms. The van der Waals surface area contributed by atoms with Crippen molar-refractivity contribution in [3.8, 4) is 0 Å². The van der Waals surface area contributed by atoms with Gasteiger partial charge in [0.2, 0.25) is 11.8 Å². The number of methoxy groups -OCH3 is 1. The van der Waals surface area contributed by atoms with Crippen LogP contribution in [-0.4, -0.2) is 49.4 Å². The molecule has 0 aromatic carbocycles. The van der Waals surface area contributed by atoms with E-state index in [4.69, 9.17) is 14.7 Å². The second-order valence-corrected chi connectivity index (χ2v) is 8.58. The first kappa shape index (κ1) is 26.3. The Hall–Kier alpha value is -1.67. The van der Waals surface area contributed by atoms with E-state index in [9.17, 15) is 14.4 Å². The lowest BCUT2D eigenvalue weighted by Crippen LogP contribution is -2.53. The molecule has 8 nitrogen and oxygen atoms in total. The van der Waals surface area contributed by atoms with E-state index in [0.29, 0.717) is 19.3 Å². The highest BCUT2D eigenvalue weighted by Crippen LogP contribution is 2.27. The van der Waals surface area contributed by atoms with E-state index in [1.54, 1.807) is 5.48 Å². The van der Waals surface area contributed by atoms with Gasteiger partial charge in [0, 0.05) is 13.0 Å². The van der Waals surface area contributed by atoms with E-state index in [2.05, 4.69) is 5.32 Å². The molecule has 0 rings (SSSR count). The quantitative estimate of drug-likeness (QED) is 0.200. The molecule has 0 radical (unpaired) electrons. The molecule has 0 aliphatic rings. The summed E-state index contributed by atoms with van der Waals surface area (Å²) in [5.74, 6) is -2.70. The SMILES string of the molecule is CCCC(C(=O)NO)C(CC(C)C)C(=O)NC(C(=O)OCCOC)C(C)(C)C. The molecule has 0 heterocycles. The van der Waals surface area contributed by atoms with Crippen molar-refractivity contribution < 1.29 is 29.1 Å². The summed E-state index contributed by atoms with van der Waals surface area (Å²) < 4.78 is 10.1.